The molecule has 1 aliphatic rings. The third-order valence-electron chi connectivity index (χ3n) is 4.91. The second-order valence-corrected chi connectivity index (χ2v) is 7.15. The monoisotopic (exact) mass is 403 g/mol. The van der Waals surface area contributed by atoms with Gasteiger partial charge in [0.1, 0.15) is 5.75 Å². The van der Waals surface area contributed by atoms with Crippen LogP contribution in [0.2, 0.25) is 0 Å². The number of hydrazone groups is 1. The molecular formula is C22H25N7O. The first kappa shape index (κ1) is 19.6. The van der Waals surface area contributed by atoms with E-state index in [0.29, 0.717) is 29.1 Å². The van der Waals surface area contributed by atoms with Crippen LogP contribution in [0.1, 0.15) is 31.7 Å². The maximum Gasteiger partial charge on any atom is 0.250 e. The van der Waals surface area contributed by atoms with Gasteiger partial charge in [-0.2, -0.15) is 20.1 Å². The summed E-state index contributed by atoms with van der Waals surface area (Å²) in [6, 6.07) is 16.9. The number of nitrogens with one attached hydrogen (secondary N) is 2. The summed E-state index contributed by atoms with van der Waals surface area (Å²) in [7, 11) is 0. The van der Waals surface area contributed by atoms with Gasteiger partial charge in [0.15, 0.2) is 0 Å². The lowest BCUT2D eigenvalue weighted by Gasteiger charge is -2.26. The number of phenols is 1. The van der Waals surface area contributed by atoms with Gasteiger partial charge in [0.2, 0.25) is 17.8 Å². The molecule has 1 fully saturated rings. The van der Waals surface area contributed by atoms with Crippen molar-refractivity contribution >= 4 is 29.2 Å². The molecule has 1 aromatic heterocycles. The molecule has 0 bridgehead atoms. The highest BCUT2D eigenvalue weighted by atomic mass is 16.3. The molecule has 0 amide bonds. The highest BCUT2D eigenvalue weighted by Crippen LogP contribution is 2.21. The van der Waals surface area contributed by atoms with Crippen molar-refractivity contribution in [3.63, 3.8) is 0 Å². The summed E-state index contributed by atoms with van der Waals surface area (Å²) in [5.74, 6) is 1.60. The normalized spacial score (nSPS) is 14.4. The Bertz CT molecular complexity index is 1020. The molecule has 2 heterocycles. The lowest BCUT2D eigenvalue weighted by molar-refractivity contribution is 0.474. The minimum atomic E-state index is 0.177. The minimum Gasteiger partial charge on any atom is -0.507 e. The molecule has 0 radical (unpaired) electrons. The molecule has 0 spiro atoms. The Balaban J connectivity index is 1.61. The van der Waals surface area contributed by atoms with Crippen molar-refractivity contribution in [3.05, 3.63) is 60.2 Å². The van der Waals surface area contributed by atoms with Crippen LogP contribution in [-0.4, -0.2) is 38.9 Å². The number of hydrogen-bond donors (Lipinski definition) is 3. The highest BCUT2D eigenvalue weighted by Gasteiger charge is 2.16. The molecular weight excluding hydrogens is 378 g/mol. The number of phenolic OH excluding ortho intramolecular Hbond substituents is 1. The molecule has 0 atom stereocenters. The van der Waals surface area contributed by atoms with Crippen LogP contribution in [0.15, 0.2) is 59.7 Å². The third kappa shape index (κ3) is 4.83. The third-order valence-corrected chi connectivity index (χ3v) is 4.91. The molecule has 154 valence electrons. The van der Waals surface area contributed by atoms with E-state index in [4.69, 9.17) is 0 Å². The van der Waals surface area contributed by atoms with Crippen LogP contribution in [0.4, 0.5) is 23.5 Å². The molecule has 1 aliphatic heterocycles. The molecule has 30 heavy (non-hydrogen) atoms. The molecule has 8 heteroatoms. The molecule has 8 nitrogen and oxygen atoms in total. The van der Waals surface area contributed by atoms with Crippen LogP contribution in [0.5, 0.6) is 5.75 Å². The fourth-order valence-electron chi connectivity index (χ4n) is 3.33. The number of para-hydroxylation sites is 2. The van der Waals surface area contributed by atoms with Crippen molar-refractivity contribution in [1.29, 1.82) is 0 Å². The molecule has 0 saturated carbocycles. The van der Waals surface area contributed by atoms with Crippen molar-refractivity contribution in [1.82, 2.24) is 15.0 Å². The molecule has 2 aromatic carbocycles. The van der Waals surface area contributed by atoms with Crippen LogP contribution in [0, 0.1) is 0 Å². The zero-order valence-corrected chi connectivity index (χ0v) is 16.9. The zero-order valence-electron chi connectivity index (χ0n) is 16.9. The van der Waals surface area contributed by atoms with E-state index in [0.717, 1.165) is 31.6 Å². The van der Waals surface area contributed by atoms with E-state index in [-0.39, 0.29) is 5.75 Å². The van der Waals surface area contributed by atoms with E-state index in [1.54, 1.807) is 12.1 Å². The predicted molar refractivity (Wildman–Crippen MR) is 120 cm³/mol. The standard InChI is InChI=1S/C22H25N7O/c1-16(18-12-6-7-13-19(18)30)27-28-21-24-20(23-17-10-4-2-5-11-17)25-22(26-21)29-14-8-3-9-15-29/h2,4-7,10-13,30H,3,8-9,14-15H2,1H3,(H2,23,24,25,26,28)/b27-16-. The second kappa shape index (κ2) is 9.21. The van der Waals surface area contributed by atoms with Crippen LogP contribution in [0.3, 0.4) is 0 Å². The Morgan fingerprint density at radius 1 is 0.900 bits per heavy atom. The van der Waals surface area contributed by atoms with Gasteiger partial charge in [0, 0.05) is 24.3 Å². The van der Waals surface area contributed by atoms with E-state index >= 15 is 0 Å². The Morgan fingerprint density at radius 3 is 2.37 bits per heavy atom. The summed E-state index contributed by atoms with van der Waals surface area (Å²) in [5.41, 5.74) is 5.10. The minimum absolute atomic E-state index is 0.177. The Hall–Kier alpha value is -3.68. The summed E-state index contributed by atoms with van der Waals surface area (Å²) in [6.45, 7) is 3.67. The van der Waals surface area contributed by atoms with Gasteiger partial charge in [0.05, 0.1) is 5.71 Å². The zero-order chi connectivity index (χ0) is 20.8. The molecule has 3 aromatic rings. The second-order valence-electron chi connectivity index (χ2n) is 7.15. The number of piperidine rings is 1. The lowest BCUT2D eigenvalue weighted by Crippen LogP contribution is -2.31. The Morgan fingerprint density at radius 2 is 1.60 bits per heavy atom. The largest absolute Gasteiger partial charge is 0.507 e. The van der Waals surface area contributed by atoms with Gasteiger partial charge in [-0.25, -0.2) is 5.43 Å². The van der Waals surface area contributed by atoms with E-state index in [2.05, 4.69) is 35.7 Å². The van der Waals surface area contributed by atoms with Crippen LogP contribution >= 0.6 is 0 Å². The van der Waals surface area contributed by atoms with E-state index in [1.807, 2.05) is 49.4 Å². The van der Waals surface area contributed by atoms with Gasteiger partial charge in [0.25, 0.3) is 0 Å². The number of benzene rings is 2. The van der Waals surface area contributed by atoms with Gasteiger partial charge in [-0.15, -0.1) is 0 Å². The van der Waals surface area contributed by atoms with Crippen LogP contribution in [0.25, 0.3) is 0 Å². The first-order valence-corrected chi connectivity index (χ1v) is 10.1. The van der Waals surface area contributed by atoms with Crippen molar-refractivity contribution in [2.45, 2.75) is 26.2 Å². The van der Waals surface area contributed by atoms with Crippen molar-refractivity contribution in [2.24, 2.45) is 5.10 Å². The highest BCUT2D eigenvalue weighted by molar-refractivity contribution is 6.01. The van der Waals surface area contributed by atoms with E-state index in [1.165, 1.54) is 6.42 Å². The van der Waals surface area contributed by atoms with Crippen molar-refractivity contribution in [3.8, 4) is 5.75 Å². The first-order chi connectivity index (χ1) is 14.7. The molecule has 0 unspecified atom stereocenters. The fraction of sp³-hybridized carbons (Fsp3) is 0.273. The molecule has 1 saturated heterocycles. The SMILES string of the molecule is C/C(=N/Nc1nc(Nc2ccccc2)nc(N2CCCCC2)n1)c1ccccc1O. The summed E-state index contributed by atoms with van der Waals surface area (Å²) in [5, 5.41) is 17.6. The van der Waals surface area contributed by atoms with Gasteiger partial charge in [-0.3, -0.25) is 0 Å². The van der Waals surface area contributed by atoms with Crippen molar-refractivity contribution in [2.75, 3.05) is 28.7 Å². The van der Waals surface area contributed by atoms with Gasteiger partial charge >= 0.3 is 0 Å². The number of nitrogens with zero attached hydrogens (tertiary/aromatic N) is 5. The van der Waals surface area contributed by atoms with E-state index in [9.17, 15) is 5.11 Å². The maximum absolute atomic E-state index is 10.0. The first-order valence-electron chi connectivity index (χ1n) is 10.1. The van der Waals surface area contributed by atoms with Gasteiger partial charge in [-0.1, -0.05) is 30.3 Å². The smallest absolute Gasteiger partial charge is 0.250 e. The van der Waals surface area contributed by atoms with Gasteiger partial charge in [-0.05, 0) is 50.5 Å². The number of anilines is 4. The van der Waals surface area contributed by atoms with Crippen molar-refractivity contribution < 1.29 is 5.11 Å². The summed E-state index contributed by atoms with van der Waals surface area (Å²) < 4.78 is 0. The maximum atomic E-state index is 10.0. The summed E-state index contributed by atoms with van der Waals surface area (Å²) in [6.07, 6.45) is 3.48. The Labute approximate surface area is 175 Å². The van der Waals surface area contributed by atoms with E-state index < -0.39 is 0 Å². The van der Waals surface area contributed by atoms with Crippen LogP contribution < -0.4 is 15.6 Å². The predicted octanol–water partition coefficient (Wildman–Crippen LogP) is 4.15. The quantitative estimate of drug-likeness (QED) is 0.420. The topological polar surface area (TPSA) is 98.6 Å². The summed E-state index contributed by atoms with van der Waals surface area (Å²) >= 11 is 0. The number of aromatic nitrogens is 3. The molecule has 3 N–H and O–H groups in total. The van der Waals surface area contributed by atoms with Gasteiger partial charge < -0.3 is 15.3 Å². The number of aromatic hydroxyl groups is 1. The number of rotatable bonds is 6. The number of hydrogen-bond acceptors (Lipinski definition) is 8. The Kier molecular flexibility index (Phi) is 6.03. The van der Waals surface area contributed by atoms with Crippen LogP contribution in [-0.2, 0) is 0 Å². The lowest BCUT2D eigenvalue weighted by atomic mass is 10.1. The molecule has 0 aliphatic carbocycles. The fourth-order valence-corrected chi connectivity index (χ4v) is 3.33. The summed E-state index contributed by atoms with van der Waals surface area (Å²) in [4.78, 5) is 15.8. The average Bonchev–Trinajstić information content (AvgIpc) is 2.79. The average molecular weight is 403 g/mol. The molecule has 4 rings (SSSR count).